The van der Waals surface area contributed by atoms with Crippen molar-refractivity contribution in [1.82, 2.24) is 9.97 Å². The smallest absolute Gasteiger partial charge is 0.166 e. The fourth-order valence-corrected chi connectivity index (χ4v) is 3.36. The van der Waals surface area contributed by atoms with Crippen molar-refractivity contribution in [3.05, 3.63) is 12.4 Å². The lowest BCUT2D eigenvalue weighted by Gasteiger charge is -2.07. The Balaban J connectivity index is 2.07. The number of thioether (sulfide) groups is 2. The summed E-state index contributed by atoms with van der Waals surface area (Å²) in [5.41, 5.74) is 0. The lowest BCUT2D eigenvalue weighted by molar-refractivity contribution is 0.788. The zero-order valence-electron chi connectivity index (χ0n) is 8.12. The molecule has 13 heavy (non-hydrogen) atoms. The number of aromatic nitrogens is 2. The Morgan fingerprint density at radius 3 is 3.08 bits per heavy atom. The third-order valence-electron chi connectivity index (χ3n) is 1.72. The van der Waals surface area contributed by atoms with Crippen molar-refractivity contribution >= 4 is 23.5 Å². The van der Waals surface area contributed by atoms with E-state index in [1.54, 1.807) is 18.0 Å². The predicted molar refractivity (Wildman–Crippen MR) is 61.3 cm³/mol. The highest BCUT2D eigenvalue weighted by molar-refractivity contribution is 8.16. The van der Waals surface area contributed by atoms with Crippen LogP contribution < -0.4 is 0 Å². The molecule has 1 unspecified atom stereocenters. The summed E-state index contributed by atoms with van der Waals surface area (Å²) in [6.07, 6.45) is 6.24. The number of nitrogens with one attached hydrogen (secondary N) is 1. The first-order chi connectivity index (χ1) is 6.33. The summed E-state index contributed by atoms with van der Waals surface area (Å²) in [7, 11) is 0. The van der Waals surface area contributed by atoms with Crippen LogP contribution in [0.15, 0.2) is 17.6 Å². The van der Waals surface area contributed by atoms with E-state index in [-0.39, 0.29) is 0 Å². The fraction of sp³-hybridized carbons (Fsp3) is 0.667. The van der Waals surface area contributed by atoms with Crippen LogP contribution in [-0.4, -0.2) is 20.3 Å². The van der Waals surface area contributed by atoms with Gasteiger partial charge in [0, 0.05) is 22.7 Å². The third kappa shape index (κ3) is 4.62. The molecule has 0 aliphatic heterocycles. The molecular formula is C9H16N2S2. The molecular weight excluding hydrogens is 200 g/mol. The van der Waals surface area contributed by atoms with Gasteiger partial charge in [-0.3, -0.25) is 0 Å². The highest BCUT2D eigenvalue weighted by atomic mass is 32.2. The molecule has 0 bridgehead atoms. The normalized spacial score (nSPS) is 13.1. The molecule has 0 saturated carbocycles. The van der Waals surface area contributed by atoms with Gasteiger partial charge in [-0.1, -0.05) is 32.0 Å². The van der Waals surface area contributed by atoms with Crippen LogP contribution in [0.3, 0.4) is 0 Å². The minimum Gasteiger partial charge on any atom is -0.340 e. The molecule has 0 saturated heterocycles. The molecule has 74 valence electrons. The number of rotatable bonds is 6. The van der Waals surface area contributed by atoms with Crippen LogP contribution in [0.5, 0.6) is 0 Å². The Morgan fingerprint density at radius 2 is 2.46 bits per heavy atom. The molecule has 4 heteroatoms. The number of imidazole rings is 1. The molecule has 0 spiro atoms. The zero-order valence-corrected chi connectivity index (χ0v) is 9.75. The van der Waals surface area contributed by atoms with Crippen molar-refractivity contribution in [3.63, 3.8) is 0 Å². The Bertz CT molecular complexity index is 211. The van der Waals surface area contributed by atoms with E-state index in [2.05, 4.69) is 23.8 Å². The molecule has 1 aromatic rings. The monoisotopic (exact) mass is 216 g/mol. The van der Waals surface area contributed by atoms with E-state index in [0.29, 0.717) is 0 Å². The molecule has 0 amide bonds. The van der Waals surface area contributed by atoms with Gasteiger partial charge < -0.3 is 4.98 Å². The predicted octanol–water partition coefficient (Wildman–Crippen LogP) is 3.38. The fourth-order valence-electron chi connectivity index (χ4n) is 1.03. The van der Waals surface area contributed by atoms with Gasteiger partial charge in [0.1, 0.15) is 0 Å². The molecule has 0 fully saturated rings. The molecule has 1 heterocycles. The Hall–Kier alpha value is -0.0900. The molecule has 1 rings (SSSR count). The minimum absolute atomic E-state index is 0.771. The lowest BCUT2D eigenvalue weighted by atomic mass is 10.3. The second-order valence-electron chi connectivity index (χ2n) is 2.92. The maximum atomic E-state index is 4.15. The number of hydrogen-bond donors (Lipinski definition) is 1. The first-order valence-electron chi connectivity index (χ1n) is 4.56. The van der Waals surface area contributed by atoms with E-state index < -0.39 is 0 Å². The second-order valence-corrected chi connectivity index (χ2v) is 5.68. The third-order valence-corrected chi connectivity index (χ3v) is 4.03. The largest absolute Gasteiger partial charge is 0.340 e. The first-order valence-corrected chi connectivity index (χ1v) is 6.60. The van der Waals surface area contributed by atoms with E-state index in [9.17, 15) is 0 Å². The van der Waals surface area contributed by atoms with Crippen molar-refractivity contribution < 1.29 is 0 Å². The average molecular weight is 216 g/mol. The molecule has 0 aliphatic carbocycles. The standard InChI is InChI=1S/C9H16N2S2/c1-3-4-8(2)12-7-13-9-10-5-6-11-9/h5-6,8H,3-4,7H2,1-2H3,(H,10,11). The van der Waals surface area contributed by atoms with Crippen LogP contribution in [0.2, 0.25) is 0 Å². The molecule has 1 N–H and O–H groups in total. The van der Waals surface area contributed by atoms with Gasteiger partial charge >= 0.3 is 0 Å². The summed E-state index contributed by atoms with van der Waals surface area (Å²) < 4.78 is 0. The van der Waals surface area contributed by atoms with Gasteiger partial charge in [-0.15, -0.1) is 11.8 Å². The van der Waals surface area contributed by atoms with Crippen LogP contribution in [0.25, 0.3) is 0 Å². The van der Waals surface area contributed by atoms with Crippen molar-refractivity contribution in [2.75, 3.05) is 5.08 Å². The van der Waals surface area contributed by atoms with E-state index in [1.165, 1.54) is 12.8 Å². The van der Waals surface area contributed by atoms with Gasteiger partial charge in [0.05, 0.1) is 0 Å². The number of H-pyrrole nitrogens is 1. The molecule has 0 aliphatic rings. The van der Waals surface area contributed by atoms with E-state index in [4.69, 9.17) is 0 Å². The van der Waals surface area contributed by atoms with Gasteiger partial charge in [0.15, 0.2) is 5.16 Å². The Morgan fingerprint density at radius 1 is 1.62 bits per heavy atom. The summed E-state index contributed by atoms with van der Waals surface area (Å²) in [6, 6.07) is 0. The van der Waals surface area contributed by atoms with Crippen molar-refractivity contribution in [2.24, 2.45) is 0 Å². The van der Waals surface area contributed by atoms with Crippen LogP contribution in [-0.2, 0) is 0 Å². The van der Waals surface area contributed by atoms with Gasteiger partial charge in [0.2, 0.25) is 0 Å². The topological polar surface area (TPSA) is 28.7 Å². The quantitative estimate of drug-likeness (QED) is 0.584. The molecule has 1 atom stereocenters. The maximum absolute atomic E-state index is 4.15. The van der Waals surface area contributed by atoms with Crippen LogP contribution in [0.4, 0.5) is 0 Å². The average Bonchev–Trinajstić information content (AvgIpc) is 2.57. The van der Waals surface area contributed by atoms with E-state index in [0.717, 1.165) is 15.5 Å². The lowest BCUT2D eigenvalue weighted by Crippen LogP contribution is -1.94. The van der Waals surface area contributed by atoms with E-state index in [1.807, 2.05) is 18.0 Å². The van der Waals surface area contributed by atoms with Gasteiger partial charge in [0.25, 0.3) is 0 Å². The van der Waals surface area contributed by atoms with Gasteiger partial charge in [-0.2, -0.15) is 0 Å². The first kappa shape index (κ1) is 11.0. The summed E-state index contributed by atoms with van der Waals surface area (Å²) in [5, 5.41) is 2.89. The Labute approximate surface area is 88.3 Å². The molecule has 2 nitrogen and oxygen atoms in total. The second kappa shape index (κ2) is 6.38. The molecule has 0 aromatic carbocycles. The highest BCUT2D eigenvalue weighted by Crippen LogP contribution is 2.24. The molecule has 1 aromatic heterocycles. The minimum atomic E-state index is 0.771. The summed E-state index contributed by atoms with van der Waals surface area (Å²) in [5.74, 6) is 0. The van der Waals surface area contributed by atoms with Crippen LogP contribution in [0.1, 0.15) is 26.7 Å². The number of nitrogens with zero attached hydrogens (tertiary/aromatic N) is 1. The van der Waals surface area contributed by atoms with Crippen LogP contribution >= 0.6 is 23.5 Å². The van der Waals surface area contributed by atoms with Crippen molar-refractivity contribution in [2.45, 2.75) is 37.1 Å². The summed E-state index contributed by atoms with van der Waals surface area (Å²) >= 11 is 3.78. The van der Waals surface area contributed by atoms with Gasteiger partial charge in [-0.25, -0.2) is 4.98 Å². The van der Waals surface area contributed by atoms with Crippen LogP contribution in [0, 0.1) is 0 Å². The highest BCUT2D eigenvalue weighted by Gasteiger charge is 2.01. The van der Waals surface area contributed by atoms with Crippen molar-refractivity contribution in [3.8, 4) is 0 Å². The number of hydrogen-bond acceptors (Lipinski definition) is 3. The Kier molecular flexibility index (Phi) is 5.39. The summed E-state index contributed by atoms with van der Waals surface area (Å²) in [4.78, 5) is 7.23. The van der Waals surface area contributed by atoms with E-state index >= 15 is 0 Å². The summed E-state index contributed by atoms with van der Waals surface area (Å²) in [6.45, 7) is 4.52. The van der Waals surface area contributed by atoms with Gasteiger partial charge in [-0.05, 0) is 6.42 Å². The maximum Gasteiger partial charge on any atom is 0.166 e. The number of aromatic amines is 1. The molecule has 0 radical (unpaired) electrons. The SMILES string of the molecule is CCCC(C)SCSc1ncc[nH]1. The van der Waals surface area contributed by atoms with Crippen molar-refractivity contribution in [1.29, 1.82) is 0 Å². The zero-order chi connectivity index (χ0) is 9.52.